The molecule has 0 aromatic heterocycles. The maximum atomic E-state index is 10.9. The summed E-state index contributed by atoms with van der Waals surface area (Å²) in [5, 5.41) is 0. The number of carbonyl (C=O) groups excluding carboxylic acids is 1. The van der Waals surface area contributed by atoms with E-state index in [1.54, 1.807) is 0 Å². The van der Waals surface area contributed by atoms with Gasteiger partial charge in [-0.3, -0.25) is 4.79 Å². The minimum Gasteiger partial charge on any atom is -0.427 e. The molecule has 2 rings (SSSR count). The van der Waals surface area contributed by atoms with Gasteiger partial charge in [-0.15, -0.1) is 0 Å². The molecule has 1 aliphatic rings. The highest BCUT2D eigenvalue weighted by molar-refractivity contribution is 5.69. The van der Waals surface area contributed by atoms with Crippen LogP contribution in [0.3, 0.4) is 0 Å². The average molecular weight is 286 g/mol. The second-order valence-corrected chi connectivity index (χ2v) is 5.99. The third-order valence-electron chi connectivity index (χ3n) is 4.25. The van der Waals surface area contributed by atoms with Gasteiger partial charge in [0.1, 0.15) is 5.75 Å². The largest absolute Gasteiger partial charge is 0.427 e. The molecule has 1 aromatic rings. The number of allylic oxidation sites excluding steroid dienone is 2. The summed E-state index contributed by atoms with van der Waals surface area (Å²) in [5.41, 5.74) is 1.38. The van der Waals surface area contributed by atoms with Gasteiger partial charge in [-0.1, -0.05) is 37.6 Å². The quantitative estimate of drug-likeness (QED) is 0.420. The van der Waals surface area contributed by atoms with E-state index < -0.39 is 0 Å². The molecule has 21 heavy (non-hydrogen) atoms. The van der Waals surface area contributed by atoms with Gasteiger partial charge in [0.2, 0.25) is 0 Å². The highest BCUT2D eigenvalue weighted by atomic mass is 16.5. The maximum absolute atomic E-state index is 10.9. The van der Waals surface area contributed by atoms with Crippen molar-refractivity contribution in [3.63, 3.8) is 0 Å². The van der Waals surface area contributed by atoms with Crippen LogP contribution >= 0.6 is 0 Å². The van der Waals surface area contributed by atoms with Gasteiger partial charge in [0, 0.05) is 6.92 Å². The zero-order chi connectivity index (χ0) is 15.1. The lowest BCUT2D eigenvalue weighted by atomic mass is 9.78. The van der Waals surface area contributed by atoms with Crippen LogP contribution in [0.25, 0.3) is 0 Å². The number of carbonyl (C=O) groups is 1. The predicted molar refractivity (Wildman–Crippen MR) is 86.5 cm³/mol. The van der Waals surface area contributed by atoms with E-state index in [1.807, 2.05) is 12.1 Å². The van der Waals surface area contributed by atoms with Crippen molar-refractivity contribution in [1.82, 2.24) is 0 Å². The van der Waals surface area contributed by atoms with Crippen molar-refractivity contribution in [2.75, 3.05) is 0 Å². The first-order valence-electron chi connectivity index (χ1n) is 8.14. The Morgan fingerprint density at radius 1 is 1.19 bits per heavy atom. The van der Waals surface area contributed by atoms with Gasteiger partial charge in [0.25, 0.3) is 0 Å². The Hall–Kier alpha value is -1.57. The summed E-state index contributed by atoms with van der Waals surface area (Å²) in [5.74, 6) is 1.81. The Kier molecular flexibility index (Phi) is 6.04. The van der Waals surface area contributed by atoms with Crippen LogP contribution in [0.2, 0.25) is 0 Å². The Balaban J connectivity index is 1.85. The predicted octanol–water partition coefficient (Wildman–Crippen LogP) is 5.24. The van der Waals surface area contributed by atoms with Crippen molar-refractivity contribution in [2.24, 2.45) is 5.92 Å². The van der Waals surface area contributed by atoms with Crippen LogP contribution in [-0.4, -0.2) is 5.97 Å². The third kappa shape index (κ3) is 5.04. The van der Waals surface area contributed by atoms with Crippen molar-refractivity contribution in [1.29, 1.82) is 0 Å². The Morgan fingerprint density at radius 2 is 1.86 bits per heavy atom. The van der Waals surface area contributed by atoms with E-state index in [0.29, 0.717) is 11.7 Å². The molecule has 114 valence electrons. The van der Waals surface area contributed by atoms with Crippen LogP contribution in [0.1, 0.15) is 63.9 Å². The molecule has 2 heteroatoms. The molecular formula is C19H26O2. The lowest BCUT2D eigenvalue weighted by molar-refractivity contribution is -0.131. The van der Waals surface area contributed by atoms with Crippen molar-refractivity contribution < 1.29 is 9.53 Å². The first-order chi connectivity index (χ1) is 10.2. The van der Waals surface area contributed by atoms with E-state index in [4.69, 9.17) is 4.74 Å². The Labute approximate surface area is 128 Å². The summed E-state index contributed by atoms with van der Waals surface area (Å²) < 4.78 is 5.08. The van der Waals surface area contributed by atoms with Crippen LogP contribution in [0.5, 0.6) is 5.75 Å². The molecule has 0 spiro atoms. The van der Waals surface area contributed by atoms with Gasteiger partial charge < -0.3 is 4.74 Å². The molecule has 0 unspecified atom stereocenters. The lowest BCUT2D eigenvalue weighted by Gasteiger charge is -2.27. The number of esters is 1. The summed E-state index contributed by atoms with van der Waals surface area (Å²) in [6.45, 7) is 3.65. The van der Waals surface area contributed by atoms with E-state index in [-0.39, 0.29) is 5.97 Å². The van der Waals surface area contributed by atoms with E-state index in [9.17, 15) is 4.79 Å². The number of hydrogen-bond donors (Lipinski definition) is 0. The standard InChI is InChI=1S/C19H26O2/c1-3-4-5-6-16-7-9-17(10-8-16)18-11-13-19(14-12-18)21-15(2)20/h5-6,11-14,16-17H,3-4,7-10H2,1-2H3/t16-,17-. The highest BCUT2D eigenvalue weighted by Crippen LogP contribution is 2.36. The maximum Gasteiger partial charge on any atom is 0.308 e. The summed E-state index contributed by atoms with van der Waals surface area (Å²) >= 11 is 0. The number of rotatable bonds is 5. The van der Waals surface area contributed by atoms with Crippen molar-refractivity contribution in [3.05, 3.63) is 42.0 Å². The van der Waals surface area contributed by atoms with Gasteiger partial charge in [-0.05, 0) is 61.6 Å². The summed E-state index contributed by atoms with van der Waals surface area (Å²) in [7, 11) is 0. The average Bonchev–Trinajstić information content (AvgIpc) is 2.49. The molecule has 1 aliphatic carbocycles. The summed E-state index contributed by atoms with van der Waals surface area (Å²) in [6, 6.07) is 8.03. The molecular weight excluding hydrogens is 260 g/mol. The Bertz CT molecular complexity index is 465. The molecule has 0 amide bonds. The lowest BCUT2D eigenvalue weighted by Crippen LogP contribution is -2.11. The second-order valence-electron chi connectivity index (χ2n) is 5.99. The van der Waals surface area contributed by atoms with Gasteiger partial charge in [-0.25, -0.2) is 0 Å². The van der Waals surface area contributed by atoms with E-state index in [1.165, 1.54) is 51.0 Å². The first kappa shape index (κ1) is 15.8. The fourth-order valence-electron chi connectivity index (χ4n) is 3.07. The SMILES string of the molecule is CCCC=C[C@H]1CC[C@H](c2ccc(OC(C)=O)cc2)CC1. The van der Waals surface area contributed by atoms with E-state index in [0.717, 1.165) is 5.92 Å². The van der Waals surface area contributed by atoms with Gasteiger partial charge in [-0.2, -0.15) is 0 Å². The summed E-state index contributed by atoms with van der Waals surface area (Å²) in [4.78, 5) is 10.9. The molecule has 0 bridgehead atoms. The van der Waals surface area contributed by atoms with Gasteiger partial charge in [0.05, 0.1) is 0 Å². The highest BCUT2D eigenvalue weighted by Gasteiger charge is 2.20. The minimum absolute atomic E-state index is 0.262. The number of unbranched alkanes of at least 4 members (excludes halogenated alkanes) is 1. The smallest absolute Gasteiger partial charge is 0.308 e. The van der Waals surface area contributed by atoms with E-state index >= 15 is 0 Å². The molecule has 0 atom stereocenters. The second kappa shape index (κ2) is 8.02. The topological polar surface area (TPSA) is 26.3 Å². The fraction of sp³-hybridized carbons (Fsp3) is 0.526. The number of hydrogen-bond acceptors (Lipinski definition) is 2. The molecule has 0 N–H and O–H groups in total. The zero-order valence-electron chi connectivity index (χ0n) is 13.2. The molecule has 0 aliphatic heterocycles. The molecule has 1 saturated carbocycles. The zero-order valence-corrected chi connectivity index (χ0v) is 13.2. The van der Waals surface area contributed by atoms with Crippen LogP contribution < -0.4 is 4.74 Å². The van der Waals surface area contributed by atoms with Crippen LogP contribution in [-0.2, 0) is 4.79 Å². The molecule has 2 nitrogen and oxygen atoms in total. The van der Waals surface area contributed by atoms with Crippen molar-refractivity contribution in [2.45, 2.75) is 58.3 Å². The third-order valence-corrected chi connectivity index (χ3v) is 4.25. The van der Waals surface area contributed by atoms with Gasteiger partial charge >= 0.3 is 5.97 Å². The molecule has 1 aromatic carbocycles. The number of ether oxygens (including phenoxy) is 1. The van der Waals surface area contributed by atoms with E-state index in [2.05, 4.69) is 31.2 Å². The monoisotopic (exact) mass is 286 g/mol. The van der Waals surface area contributed by atoms with Crippen molar-refractivity contribution >= 4 is 5.97 Å². The summed E-state index contributed by atoms with van der Waals surface area (Å²) in [6.07, 6.45) is 12.3. The molecule has 0 radical (unpaired) electrons. The molecule has 1 fully saturated rings. The number of benzene rings is 1. The van der Waals surface area contributed by atoms with Crippen molar-refractivity contribution in [3.8, 4) is 5.75 Å². The molecule has 0 heterocycles. The van der Waals surface area contributed by atoms with Gasteiger partial charge in [0.15, 0.2) is 0 Å². The minimum atomic E-state index is -0.262. The van der Waals surface area contributed by atoms with Crippen LogP contribution in [0, 0.1) is 5.92 Å². The molecule has 0 saturated heterocycles. The normalized spacial score (nSPS) is 22.4. The Morgan fingerprint density at radius 3 is 2.43 bits per heavy atom. The van der Waals surface area contributed by atoms with Crippen LogP contribution in [0.15, 0.2) is 36.4 Å². The first-order valence-corrected chi connectivity index (χ1v) is 8.14. The fourth-order valence-corrected chi connectivity index (χ4v) is 3.07. The van der Waals surface area contributed by atoms with Crippen LogP contribution in [0.4, 0.5) is 0 Å².